The maximum atomic E-state index is 5.42. The Morgan fingerprint density at radius 1 is 1.29 bits per heavy atom. The summed E-state index contributed by atoms with van der Waals surface area (Å²) in [5, 5.41) is 0. The second kappa shape index (κ2) is 4.80. The van der Waals surface area contributed by atoms with Crippen molar-refractivity contribution in [3.05, 3.63) is 35.6 Å². The Morgan fingerprint density at radius 3 is 2.71 bits per heavy atom. The fraction of sp³-hybridized carbons (Fsp3) is 0.417. The lowest BCUT2D eigenvalue weighted by Crippen LogP contribution is -1.90. The molecule has 0 radical (unpaired) electrons. The zero-order valence-electron chi connectivity index (χ0n) is 9.24. The van der Waals surface area contributed by atoms with Crippen LogP contribution in [0.25, 0.3) is 6.08 Å². The van der Waals surface area contributed by atoms with E-state index in [1.165, 1.54) is 0 Å². The van der Waals surface area contributed by atoms with Crippen LogP contribution in [0.2, 0.25) is 0 Å². The predicted molar refractivity (Wildman–Crippen MR) is 59.2 cm³/mol. The summed E-state index contributed by atoms with van der Waals surface area (Å²) < 4.78 is 5.42. The van der Waals surface area contributed by atoms with Gasteiger partial charge in [-0.25, -0.2) is 4.98 Å². The van der Waals surface area contributed by atoms with Crippen molar-refractivity contribution in [1.82, 2.24) is 4.98 Å². The smallest absolute Gasteiger partial charge is 0.192 e. The number of aromatic nitrogens is 1. The van der Waals surface area contributed by atoms with Crippen LogP contribution >= 0.6 is 0 Å². The van der Waals surface area contributed by atoms with Gasteiger partial charge in [0, 0.05) is 12.8 Å². The number of fused-ring (bicyclic) bond motifs is 1. The molecule has 0 spiro atoms. The minimum atomic E-state index is 0.354. The van der Waals surface area contributed by atoms with Crippen LogP contribution in [0.15, 0.2) is 22.6 Å². The predicted octanol–water partition coefficient (Wildman–Crippen LogP) is 3.70. The van der Waals surface area contributed by atoms with Crippen molar-refractivity contribution in [2.45, 2.75) is 33.6 Å². The summed E-state index contributed by atoms with van der Waals surface area (Å²) in [5.74, 6) is 1.99. The first-order valence-electron chi connectivity index (χ1n) is 5.09. The zero-order valence-corrected chi connectivity index (χ0v) is 9.24. The van der Waals surface area contributed by atoms with E-state index in [0.717, 1.165) is 17.3 Å². The van der Waals surface area contributed by atoms with Gasteiger partial charge in [-0.15, -0.1) is 0 Å². The third kappa shape index (κ3) is 2.13. The van der Waals surface area contributed by atoms with Crippen LogP contribution < -0.4 is 0 Å². The Labute approximate surface area is 85.4 Å². The molecular weight excluding hydrogens is 174 g/mol. The summed E-state index contributed by atoms with van der Waals surface area (Å²) in [5.41, 5.74) is 1.04. The average molecular weight is 191 g/mol. The molecule has 0 aromatic carbocycles. The molecule has 0 N–H and O–H groups in total. The lowest BCUT2D eigenvalue weighted by molar-refractivity contribution is 0.512. The van der Waals surface area contributed by atoms with Gasteiger partial charge in [-0.3, -0.25) is 0 Å². The third-order valence-electron chi connectivity index (χ3n) is 1.98. The van der Waals surface area contributed by atoms with E-state index < -0.39 is 0 Å². The lowest BCUT2D eigenvalue weighted by Gasteiger charge is -1.98. The molecule has 1 heterocycles. The SMILES string of the molecule is CC.Cc1nc2c(o1)C=CC=CC2C. The summed E-state index contributed by atoms with van der Waals surface area (Å²) in [7, 11) is 0. The zero-order chi connectivity index (χ0) is 10.6. The van der Waals surface area contributed by atoms with Crippen molar-refractivity contribution < 1.29 is 4.42 Å². The highest BCUT2D eigenvalue weighted by Crippen LogP contribution is 2.24. The van der Waals surface area contributed by atoms with E-state index >= 15 is 0 Å². The van der Waals surface area contributed by atoms with Gasteiger partial charge < -0.3 is 4.42 Å². The summed E-state index contributed by atoms with van der Waals surface area (Å²) in [6.07, 6.45) is 8.07. The van der Waals surface area contributed by atoms with Gasteiger partial charge in [0.2, 0.25) is 0 Å². The molecule has 0 saturated heterocycles. The number of allylic oxidation sites excluding steroid dienone is 3. The van der Waals surface area contributed by atoms with Crippen molar-refractivity contribution >= 4 is 6.08 Å². The van der Waals surface area contributed by atoms with Crippen molar-refractivity contribution in [3.63, 3.8) is 0 Å². The van der Waals surface area contributed by atoms with E-state index in [4.69, 9.17) is 4.42 Å². The van der Waals surface area contributed by atoms with Gasteiger partial charge in [0.1, 0.15) is 0 Å². The van der Waals surface area contributed by atoms with Crippen LogP contribution in [-0.4, -0.2) is 4.98 Å². The van der Waals surface area contributed by atoms with Crippen LogP contribution in [-0.2, 0) is 0 Å². The quantitative estimate of drug-likeness (QED) is 0.625. The molecular formula is C12H17NO. The maximum absolute atomic E-state index is 5.42. The molecule has 0 aliphatic heterocycles. The Morgan fingerprint density at radius 2 is 2.00 bits per heavy atom. The minimum Gasteiger partial charge on any atom is -0.441 e. The van der Waals surface area contributed by atoms with Crippen LogP contribution in [0.1, 0.15) is 44.0 Å². The Bertz CT molecular complexity index is 347. The molecule has 1 unspecified atom stereocenters. The molecule has 1 aliphatic carbocycles. The Kier molecular flexibility index (Phi) is 3.69. The van der Waals surface area contributed by atoms with Crippen molar-refractivity contribution in [3.8, 4) is 0 Å². The highest BCUT2D eigenvalue weighted by Gasteiger charge is 2.14. The van der Waals surface area contributed by atoms with Crippen LogP contribution in [0, 0.1) is 6.92 Å². The normalized spacial score (nSPS) is 18.1. The van der Waals surface area contributed by atoms with Gasteiger partial charge >= 0.3 is 0 Å². The topological polar surface area (TPSA) is 26.0 Å². The molecule has 0 bridgehead atoms. The van der Waals surface area contributed by atoms with Gasteiger partial charge in [-0.2, -0.15) is 0 Å². The summed E-state index contributed by atoms with van der Waals surface area (Å²) >= 11 is 0. The van der Waals surface area contributed by atoms with E-state index in [-0.39, 0.29) is 0 Å². The summed E-state index contributed by atoms with van der Waals surface area (Å²) in [4.78, 5) is 4.32. The molecule has 2 nitrogen and oxygen atoms in total. The molecule has 1 aromatic rings. The number of oxazole rings is 1. The molecule has 1 aromatic heterocycles. The maximum Gasteiger partial charge on any atom is 0.192 e. The second-order valence-electron chi connectivity index (χ2n) is 3.02. The van der Waals surface area contributed by atoms with Crippen LogP contribution in [0.5, 0.6) is 0 Å². The fourth-order valence-corrected chi connectivity index (χ4v) is 1.37. The molecule has 0 saturated carbocycles. The number of rotatable bonds is 0. The monoisotopic (exact) mass is 191 g/mol. The van der Waals surface area contributed by atoms with Crippen molar-refractivity contribution in [1.29, 1.82) is 0 Å². The first-order valence-corrected chi connectivity index (χ1v) is 5.09. The summed E-state index contributed by atoms with van der Waals surface area (Å²) in [6.45, 7) is 7.99. The molecule has 2 heteroatoms. The van der Waals surface area contributed by atoms with Gasteiger partial charge in [0.25, 0.3) is 0 Å². The van der Waals surface area contributed by atoms with E-state index in [0.29, 0.717) is 5.92 Å². The molecule has 0 amide bonds. The number of aryl methyl sites for hydroxylation is 1. The van der Waals surface area contributed by atoms with Gasteiger partial charge in [-0.1, -0.05) is 39.0 Å². The number of hydrogen-bond donors (Lipinski definition) is 0. The third-order valence-corrected chi connectivity index (χ3v) is 1.98. The van der Waals surface area contributed by atoms with E-state index in [1.807, 2.05) is 39.0 Å². The molecule has 76 valence electrons. The van der Waals surface area contributed by atoms with Crippen LogP contribution in [0.4, 0.5) is 0 Å². The molecule has 1 atom stereocenters. The molecule has 0 fully saturated rings. The van der Waals surface area contributed by atoms with E-state index in [1.54, 1.807) is 0 Å². The Hall–Kier alpha value is -1.31. The van der Waals surface area contributed by atoms with Gasteiger partial charge in [0.15, 0.2) is 11.7 Å². The number of nitrogens with zero attached hydrogens (tertiary/aromatic N) is 1. The highest BCUT2D eigenvalue weighted by atomic mass is 16.4. The molecule has 1 aliphatic rings. The van der Waals surface area contributed by atoms with E-state index in [2.05, 4.69) is 18.0 Å². The lowest BCUT2D eigenvalue weighted by atomic mass is 10.1. The summed E-state index contributed by atoms with van der Waals surface area (Å²) in [6, 6.07) is 0. The van der Waals surface area contributed by atoms with Gasteiger partial charge in [-0.05, 0) is 6.08 Å². The molecule has 2 rings (SSSR count). The largest absolute Gasteiger partial charge is 0.441 e. The van der Waals surface area contributed by atoms with E-state index in [9.17, 15) is 0 Å². The highest BCUT2D eigenvalue weighted by molar-refractivity contribution is 5.51. The first kappa shape index (κ1) is 10.8. The number of hydrogen-bond acceptors (Lipinski definition) is 2. The fourth-order valence-electron chi connectivity index (χ4n) is 1.37. The Balaban J connectivity index is 0.000000461. The van der Waals surface area contributed by atoms with Crippen LogP contribution in [0.3, 0.4) is 0 Å². The van der Waals surface area contributed by atoms with Crippen molar-refractivity contribution in [2.75, 3.05) is 0 Å². The van der Waals surface area contributed by atoms with Crippen molar-refractivity contribution in [2.24, 2.45) is 0 Å². The second-order valence-corrected chi connectivity index (χ2v) is 3.02. The standard InChI is InChI=1S/C10H11NO.C2H6/c1-7-5-3-4-6-9-10(7)11-8(2)12-9;1-2/h3-7H,1-2H3;1-2H3. The average Bonchev–Trinajstić information content (AvgIpc) is 2.49. The first-order chi connectivity index (χ1) is 6.77. The minimum absolute atomic E-state index is 0.354. The van der Waals surface area contributed by atoms with Gasteiger partial charge in [0.05, 0.1) is 5.69 Å². The molecule has 14 heavy (non-hydrogen) atoms.